The van der Waals surface area contributed by atoms with Crippen molar-refractivity contribution in [3.8, 4) is 0 Å². The van der Waals surface area contributed by atoms with Crippen LogP contribution < -0.4 is 5.32 Å². The molecule has 6 aliphatic rings. The largest absolute Gasteiger partial charge is 0.369 e. The SMILES string of the molecule is CC.CC1=C2CC3C(CCC4CC(=O)CCC43C)C2CCC2(C1)OC1CCCNC1C2C. The van der Waals surface area contributed by atoms with Gasteiger partial charge in [-0.3, -0.25) is 4.79 Å². The number of rotatable bonds is 0. The van der Waals surface area contributed by atoms with Crippen LogP contribution in [0.25, 0.3) is 0 Å². The molecule has 2 aliphatic heterocycles. The summed E-state index contributed by atoms with van der Waals surface area (Å²) in [5.41, 5.74) is 3.97. The van der Waals surface area contributed by atoms with Crippen molar-refractivity contribution in [2.24, 2.45) is 35.0 Å². The van der Waals surface area contributed by atoms with Crippen LogP contribution in [0.15, 0.2) is 11.1 Å². The monoisotopic (exact) mass is 441 g/mol. The van der Waals surface area contributed by atoms with Gasteiger partial charge in [-0.25, -0.2) is 0 Å². The van der Waals surface area contributed by atoms with E-state index in [0.29, 0.717) is 35.2 Å². The first kappa shape index (κ1) is 23.1. The van der Waals surface area contributed by atoms with Gasteiger partial charge in [-0.1, -0.05) is 38.8 Å². The van der Waals surface area contributed by atoms with Crippen molar-refractivity contribution < 1.29 is 9.53 Å². The van der Waals surface area contributed by atoms with Crippen LogP contribution in [-0.4, -0.2) is 30.1 Å². The second-order valence-electron chi connectivity index (χ2n) is 12.3. The number of hydrogen-bond donors (Lipinski definition) is 1. The molecule has 0 amide bonds. The molecule has 6 rings (SSSR count). The van der Waals surface area contributed by atoms with Gasteiger partial charge in [0, 0.05) is 24.8 Å². The molecular formula is C29H47NO2. The number of fused-ring (bicyclic) bond motifs is 6. The van der Waals surface area contributed by atoms with Crippen molar-refractivity contribution in [3.05, 3.63) is 11.1 Å². The molecule has 32 heavy (non-hydrogen) atoms. The Kier molecular flexibility index (Phi) is 6.15. The highest BCUT2D eigenvalue weighted by molar-refractivity contribution is 5.79. The fourth-order valence-electron chi connectivity index (χ4n) is 9.41. The minimum absolute atomic E-state index is 0.0714. The molecule has 9 atom stereocenters. The molecule has 9 unspecified atom stereocenters. The van der Waals surface area contributed by atoms with Crippen molar-refractivity contribution in [3.63, 3.8) is 0 Å². The van der Waals surface area contributed by atoms with Crippen LogP contribution in [0.5, 0.6) is 0 Å². The predicted molar refractivity (Wildman–Crippen MR) is 130 cm³/mol. The van der Waals surface area contributed by atoms with Crippen LogP contribution in [0.2, 0.25) is 0 Å². The number of carbonyl (C=O) groups excluding carboxylic acids is 1. The molecule has 0 radical (unpaired) electrons. The van der Waals surface area contributed by atoms with Crippen molar-refractivity contribution in [1.29, 1.82) is 0 Å². The Labute approximate surface area is 196 Å². The summed E-state index contributed by atoms with van der Waals surface area (Å²) >= 11 is 0. The van der Waals surface area contributed by atoms with E-state index in [2.05, 4.69) is 26.1 Å². The van der Waals surface area contributed by atoms with Gasteiger partial charge in [0.15, 0.2) is 0 Å². The Balaban J connectivity index is 0.00000105. The quantitative estimate of drug-likeness (QED) is 0.438. The van der Waals surface area contributed by atoms with Crippen LogP contribution in [0, 0.1) is 35.0 Å². The first-order chi connectivity index (χ1) is 15.4. The van der Waals surface area contributed by atoms with Gasteiger partial charge < -0.3 is 10.1 Å². The van der Waals surface area contributed by atoms with Gasteiger partial charge in [0.1, 0.15) is 5.78 Å². The zero-order valence-electron chi connectivity index (χ0n) is 21.3. The summed E-state index contributed by atoms with van der Waals surface area (Å²) in [7, 11) is 0. The third-order valence-electron chi connectivity index (χ3n) is 11.2. The smallest absolute Gasteiger partial charge is 0.133 e. The van der Waals surface area contributed by atoms with Gasteiger partial charge in [-0.15, -0.1) is 0 Å². The van der Waals surface area contributed by atoms with E-state index in [-0.39, 0.29) is 5.60 Å². The number of hydrogen-bond acceptors (Lipinski definition) is 3. The molecule has 2 heterocycles. The molecule has 180 valence electrons. The van der Waals surface area contributed by atoms with Crippen LogP contribution in [0.3, 0.4) is 0 Å². The molecule has 0 aromatic carbocycles. The molecule has 3 heteroatoms. The second kappa shape index (κ2) is 8.52. The first-order valence-electron chi connectivity index (χ1n) is 14.0. The number of Topliss-reactive ketones (excluding diaryl/α,β-unsaturated/α-hetero) is 1. The van der Waals surface area contributed by atoms with Crippen molar-refractivity contribution in [1.82, 2.24) is 5.32 Å². The Morgan fingerprint density at radius 3 is 2.66 bits per heavy atom. The Bertz CT molecular complexity index is 773. The fraction of sp³-hybridized carbons (Fsp3) is 0.897. The Morgan fingerprint density at radius 2 is 1.88 bits per heavy atom. The number of carbonyl (C=O) groups is 1. The number of ketones is 1. The molecule has 5 fully saturated rings. The highest BCUT2D eigenvalue weighted by Gasteiger charge is 2.59. The van der Waals surface area contributed by atoms with Gasteiger partial charge in [-0.2, -0.15) is 0 Å². The zero-order chi connectivity index (χ0) is 22.7. The van der Waals surface area contributed by atoms with E-state index in [1.54, 1.807) is 5.57 Å². The third-order valence-corrected chi connectivity index (χ3v) is 11.2. The standard InChI is InChI=1S/C27H41NO2.C2H6/c1-16-15-27(17(2)25-24(30-27)5-4-12-28-25)11-9-20-21-7-6-18-13-19(29)8-10-26(18,3)23(21)14-22(16)20;1-2/h17-18,20-21,23-25,28H,4-15H2,1-3H3;1-2H3. The summed E-state index contributed by atoms with van der Waals surface area (Å²) in [5.74, 6) is 4.27. The minimum atomic E-state index is 0.0714. The zero-order valence-corrected chi connectivity index (χ0v) is 21.3. The van der Waals surface area contributed by atoms with E-state index in [1.165, 1.54) is 51.5 Å². The van der Waals surface area contributed by atoms with Crippen molar-refractivity contribution in [2.45, 2.75) is 123 Å². The van der Waals surface area contributed by atoms with E-state index < -0.39 is 0 Å². The average molecular weight is 442 g/mol. The summed E-state index contributed by atoms with van der Waals surface area (Å²) < 4.78 is 6.94. The normalized spacial score (nSPS) is 50.0. The van der Waals surface area contributed by atoms with Crippen LogP contribution in [-0.2, 0) is 9.53 Å². The molecule has 0 aromatic rings. The summed E-state index contributed by atoms with van der Waals surface area (Å²) in [5, 5.41) is 3.80. The minimum Gasteiger partial charge on any atom is -0.369 e. The maximum atomic E-state index is 12.2. The van der Waals surface area contributed by atoms with Gasteiger partial charge in [0.05, 0.1) is 11.7 Å². The van der Waals surface area contributed by atoms with Crippen molar-refractivity contribution >= 4 is 5.78 Å². The summed E-state index contributed by atoms with van der Waals surface area (Å²) in [6, 6.07) is 0.566. The van der Waals surface area contributed by atoms with E-state index in [0.717, 1.165) is 43.4 Å². The summed E-state index contributed by atoms with van der Waals surface area (Å²) in [4.78, 5) is 12.2. The summed E-state index contributed by atoms with van der Waals surface area (Å²) in [6.07, 6.45) is 13.5. The lowest BCUT2D eigenvalue weighted by atomic mass is 9.52. The highest BCUT2D eigenvalue weighted by atomic mass is 16.5. The lowest BCUT2D eigenvalue weighted by Gasteiger charge is -2.52. The molecule has 3 nitrogen and oxygen atoms in total. The van der Waals surface area contributed by atoms with E-state index in [1.807, 2.05) is 19.4 Å². The molecule has 4 aliphatic carbocycles. The lowest BCUT2D eigenvalue weighted by molar-refractivity contribution is -0.129. The van der Waals surface area contributed by atoms with Crippen LogP contribution >= 0.6 is 0 Å². The van der Waals surface area contributed by atoms with Crippen molar-refractivity contribution in [2.75, 3.05) is 6.54 Å². The predicted octanol–water partition coefficient (Wildman–Crippen LogP) is 6.46. The molecule has 1 spiro atoms. The molecule has 2 saturated heterocycles. The summed E-state index contributed by atoms with van der Waals surface area (Å²) in [6.45, 7) is 12.6. The maximum Gasteiger partial charge on any atom is 0.133 e. The third kappa shape index (κ3) is 3.39. The number of piperidine rings is 1. The fourth-order valence-corrected chi connectivity index (χ4v) is 9.41. The average Bonchev–Trinajstić information content (AvgIpc) is 3.26. The Morgan fingerprint density at radius 1 is 1.06 bits per heavy atom. The molecule has 0 aromatic heterocycles. The maximum absolute atomic E-state index is 12.2. The number of nitrogens with one attached hydrogen (secondary N) is 1. The van der Waals surface area contributed by atoms with Gasteiger partial charge in [0.25, 0.3) is 0 Å². The number of allylic oxidation sites excluding steroid dienone is 1. The lowest BCUT2D eigenvalue weighted by Crippen LogP contribution is -2.46. The van der Waals surface area contributed by atoms with Crippen LogP contribution in [0.1, 0.15) is 105 Å². The van der Waals surface area contributed by atoms with Gasteiger partial charge in [0.2, 0.25) is 0 Å². The van der Waals surface area contributed by atoms with Crippen LogP contribution in [0.4, 0.5) is 0 Å². The van der Waals surface area contributed by atoms with Gasteiger partial charge in [-0.05, 0) is 100 Å². The molecule has 3 saturated carbocycles. The molecule has 1 N–H and O–H groups in total. The van der Waals surface area contributed by atoms with E-state index >= 15 is 0 Å². The highest BCUT2D eigenvalue weighted by Crippen LogP contribution is 2.64. The number of ether oxygens (including phenoxy) is 1. The first-order valence-corrected chi connectivity index (χ1v) is 14.0. The Hall–Kier alpha value is -0.670. The topological polar surface area (TPSA) is 38.3 Å². The molecule has 0 bridgehead atoms. The second-order valence-corrected chi connectivity index (χ2v) is 12.3. The van der Waals surface area contributed by atoms with Gasteiger partial charge >= 0.3 is 0 Å². The van der Waals surface area contributed by atoms with E-state index in [9.17, 15) is 4.79 Å². The van der Waals surface area contributed by atoms with E-state index in [4.69, 9.17) is 4.74 Å². The molecular weight excluding hydrogens is 394 g/mol.